The van der Waals surface area contributed by atoms with Crippen LogP contribution >= 0.6 is 11.3 Å². The van der Waals surface area contributed by atoms with Crippen LogP contribution in [0.2, 0.25) is 0 Å². The SMILES string of the molecule is O=C(Cc1ccsc1)CC1CCC1. The number of ketones is 1. The van der Waals surface area contributed by atoms with E-state index in [1.165, 1.54) is 24.8 Å². The van der Waals surface area contributed by atoms with Crippen molar-refractivity contribution < 1.29 is 4.79 Å². The molecule has 0 aliphatic heterocycles. The van der Waals surface area contributed by atoms with Gasteiger partial charge >= 0.3 is 0 Å². The summed E-state index contributed by atoms with van der Waals surface area (Å²) in [6, 6.07) is 2.04. The summed E-state index contributed by atoms with van der Waals surface area (Å²) in [7, 11) is 0. The van der Waals surface area contributed by atoms with E-state index in [4.69, 9.17) is 0 Å². The van der Waals surface area contributed by atoms with Crippen molar-refractivity contribution >= 4 is 17.1 Å². The first kappa shape index (κ1) is 8.95. The van der Waals surface area contributed by atoms with Crippen molar-refractivity contribution in [1.29, 1.82) is 0 Å². The Hall–Kier alpha value is -0.630. The smallest absolute Gasteiger partial charge is 0.137 e. The molecule has 0 unspecified atom stereocenters. The molecule has 0 radical (unpaired) electrons. The Bertz CT molecular complexity index is 272. The standard InChI is InChI=1S/C11H14OS/c12-11(6-9-2-1-3-9)7-10-4-5-13-8-10/h4-5,8-9H,1-3,6-7H2. The summed E-state index contributed by atoms with van der Waals surface area (Å²) in [6.45, 7) is 0. The predicted octanol–water partition coefficient (Wildman–Crippen LogP) is 3.05. The molecule has 1 aromatic rings. The summed E-state index contributed by atoms with van der Waals surface area (Å²) < 4.78 is 0. The van der Waals surface area contributed by atoms with Gasteiger partial charge in [0.15, 0.2) is 0 Å². The monoisotopic (exact) mass is 194 g/mol. The van der Waals surface area contributed by atoms with E-state index in [2.05, 4.69) is 5.38 Å². The van der Waals surface area contributed by atoms with Gasteiger partial charge in [0.25, 0.3) is 0 Å². The van der Waals surface area contributed by atoms with Crippen molar-refractivity contribution in [2.24, 2.45) is 5.92 Å². The first-order valence-corrected chi connectivity index (χ1v) is 5.81. The largest absolute Gasteiger partial charge is 0.299 e. The summed E-state index contributed by atoms with van der Waals surface area (Å²) >= 11 is 1.67. The van der Waals surface area contributed by atoms with Gasteiger partial charge in [0.2, 0.25) is 0 Å². The van der Waals surface area contributed by atoms with E-state index in [0.29, 0.717) is 18.1 Å². The fourth-order valence-electron chi connectivity index (χ4n) is 1.71. The van der Waals surface area contributed by atoms with Gasteiger partial charge in [0.05, 0.1) is 0 Å². The lowest BCUT2D eigenvalue weighted by atomic mass is 9.81. The Morgan fingerprint density at radius 3 is 2.92 bits per heavy atom. The van der Waals surface area contributed by atoms with Crippen LogP contribution in [0.4, 0.5) is 0 Å². The zero-order chi connectivity index (χ0) is 9.10. The zero-order valence-corrected chi connectivity index (χ0v) is 8.48. The van der Waals surface area contributed by atoms with Crippen LogP contribution in [0.3, 0.4) is 0 Å². The van der Waals surface area contributed by atoms with E-state index >= 15 is 0 Å². The third-order valence-corrected chi connectivity index (χ3v) is 3.45. The molecule has 1 aromatic heterocycles. The molecular weight excluding hydrogens is 180 g/mol. The molecule has 1 nitrogen and oxygen atoms in total. The third kappa shape index (κ3) is 2.41. The quantitative estimate of drug-likeness (QED) is 0.720. The molecule has 1 fully saturated rings. The molecule has 13 heavy (non-hydrogen) atoms. The lowest BCUT2D eigenvalue weighted by Crippen LogP contribution is -2.16. The summed E-state index contributed by atoms with van der Waals surface area (Å²) in [5.41, 5.74) is 1.19. The van der Waals surface area contributed by atoms with E-state index < -0.39 is 0 Å². The van der Waals surface area contributed by atoms with Crippen LogP contribution in [-0.4, -0.2) is 5.78 Å². The average Bonchev–Trinajstić information content (AvgIpc) is 2.49. The van der Waals surface area contributed by atoms with Crippen LogP contribution in [0.1, 0.15) is 31.2 Å². The highest BCUT2D eigenvalue weighted by atomic mass is 32.1. The number of rotatable bonds is 4. The predicted molar refractivity (Wildman–Crippen MR) is 55.0 cm³/mol. The highest BCUT2D eigenvalue weighted by molar-refractivity contribution is 7.07. The highest BCUT2D eigenvalue weighted by Crippen LogP contribution is 2.29. The normalized spacial score (nSPS) is 16.9. The van der Waals surface area contributed by atoms with Gasteiger partial charge in [-0.1, -0.05) is 19.3 Å². The maximum absolute atomic E-state index is 11.5. The minimum Gasteiger partial charge on any atom is -0.299 e. The number of hydrogen-bond acceptors (Lipinski definition) is 2. The topological polar surface area (TPSA) is 17.1 Å². The van der Waals surface area contributed by atoms with Crippen molar-refractivity contribution in [1.82, 2.24) is 0 Å². The van der Waals surface area contributed by atoms with E-state index in [-0.39, 0.29) is 0 Å². The van der Waals surface area contributed by atoms with Gasteiger partial charge in [0, 0.05) is 12.8 Å². The lowest BCUT2D eigenvalue weighted by molar-refractivity contribution is -0.119. The molecule has 1 saturated carbocycles. The van der Waals surface area contributed by atoms with Crippen molar-refractivity contribution in [3.05, 3.63) is 22.4 Å². The molecule has 2 heteroatoms. The van der Waals surface area contributed by atoms with Gasteiger partial charge in [-0.05, 0) is 28.3 Å². The fourth-order valence-corrected chi connectivity index (χ4v) is 2.38. The van der Waals surface area contributed by atoms with Crippen LogP contribution in [0.5, 0.6) is 0 Å². The molecule has 1 aliphatic rings. The van der Waals surface area contributed by atoms with Crippen LogP contribution in [0, 0.1) is 5.92 Å². The molecule has 2 rings (SSSR count). The lowest BCUT2D eigenvalue weighted by Gasteiger charge is -2.24. The molecule has 0 spiro atoms. The molecule has 0 N–H and O–H groups in total. The molecule has 1 aliphatic carbocycles. The van der Waals surface area contributed by atoms with Crippen LogP contribution in [0.15, 0.2) is 16.8 Å². The van der Waals surface area contributed by atoms with Crippen molar-refractivity contribution in [2.75, 3.05) is 0 Å². The maximum atomic E-state index is 11.5. The first-order valence-electron chi connectivity index (χ1n) is 4.87. The second kappa shape index (κ2) is 4.05. The third-order valence-electron chi connectivity index (χ3n) is 2.72. The Morgan fingerprint density at radius 2 is 2.38 bits per heavy atom. The number of thiophene rings is 1. The van der Waals surface area contributed by atoms with Crippen molar-refractivity contribution in [3.63, 3.8) is 0 Å². The second-order valence-corrected chi connectivity index (χ2v) is 4.63. The maximum Gasteiger partial charge on any atom is 0.137 e. The van der Waals surface area contributed by atoms with Crippen molar-refractivity contribution in [3.8, 4) is 0 Å². The average molecular weight is 194 g/mol. The molecular formula is C11H14OS. The van der Waals surface area contributed by atoms with Gasteiger partial charge in [-0.2, -0.15) is 11.3 Å². The van der Waals surface area contributed by atoms with E-state index in [1.54, 1.807) is 11.3 Å². The molecule has 1 heterocycles. The Labute approximate surface area is 82.8 Å². The number of carbonyl (C=O) groups is 1. The molecule has 0 saturated heterocycles. The summed E-state index contributed by atoms with van der Waals surface area (Å²) in [6.07, 6.45) is 5.34. The number of hydrogen-bond donors (Lipinski definition) is 0. The van der Waals surface area contributed by atoms with E-state index in [9.17, 15) is 4.79 Å². The van der Waals surface area contributed by atoms with Gasteiger partial charge < -0.3 is 0 Å². The Morgan fingerprint density at radius 1 is 1.54 bits per heavy atom. The number of Topliss-reactive ketones (excluding diaryl/α,β-unsaturated/α-hetero) is 1. The zero-order valence-electron chi connectivity index (χ0n) is 7.66. The summed E-state index contributed by atoms with van der Waals surface area (Å²) in [4.78, 5) is 11.5. The minimum absolute atomic E-state index is 0.420. The van der Waals surface area contributed by atoms with E-state index in [0.717, 1.165) is 6.42 Å². The molecule has 0 atom stereocenters. The second-order valence-electron chi connectivity index (χ2n) is 3.85. The van der Waals surface area contributed by atoms with Gasteiger partial charge in [-0.25, -0.2) is 0 Å². The number of carbonyl (C=O) groups excluding carboxylic acids is 1. The van der Waals surface area contributed by atoms with Crippen LogP contribution in [0.25, 0.3) is 0 Å². The first-order chi connectivity index (χ1) is 6.34. The van der Waals surface area contributed by atoms with Gasteiger partial charge in [-0.15, -0.1) is 0 Å². The minimum atomic E-state index is 0.420. The van der Waals surface area contributed by atoms with Crippen LogP contribution in [-0.2, 0) is 11.2 Å². The summed E-state index contributed by atoms with van der Waals surface area (Å²) in [5, 5.41) is 4.10. The Kier molecular flexibility index (Phi) is 2.79. The van der Waals surface area contributed by atoms with Gasteiger partial charge in [-0.3, -0.25) is 4.79 Å². The van der Waals surface area contributed by atoms with Crippen molar-refractivity contribution in [2.45, 2.75) is 32.1 Å². The molecule has 0 amide bonds. The Balaban J connectivity index is 1.78. The van der Waals surface area contributed by atoms with E-state index in [1.807, 2.05) is 11.4 Å². The highest BCUT2D eigenvalue weighted by Gasteiger charge is 2.20. The molecule has 0 bridgehead atoms. The van der Waals surface area contributed by atoms with Crippen LogP contribution < -0.4 is 0 Å². The summed E-state index contributed by atoms with van der Waals surface area (Å²) in [5.74, 6) is 1.13. The molecule has 70 valence electrons. The van der Waals surface area contributed by atoms with Gasteiger partial charge in [0.1, 0.15) is 5.78 Å². The molecule has 0 aromatic carbocycles. The fraction of sp³-hybridized carbons (Fsp3) is 0.545.